The second kappa shape index (κ2) is 6.65. The molecule has 118 valence electrons. The number of nitrogens with zero attached hydrogens (tertiary/aromatic N) is 1. The number of rotatable bonds is 5. The predicted octanol–water partition coefficient (Wildman–Crippen LogP) is 2.83. The van der Waals surface area contributed by atoms with Crippen LogP contribution >= 0.6 is 0 Å². The second-order valence-electron chi connectivity index (χ2n) is 5.83. The fourth-order valence-electron chi connectivity index (χ4n) is 3.25. The molecular formula is C19H19NO3. The molecule has 4 nitrogen and oxygen atoms in total. The molecule has 0 aliphatic heterocycles. The number of aliphatic carboxylic acids is 1. The molecule has 1 unspecified atom stereocenters. The van der Waals surface area contributed by atoms with Gasteiger partial charge in [0.25, 0.3) is 0 Å². The average Bonchev–Trinajstić information content (AvgIpc) is 2.97. The molecule has 0 radical (unpaired) electrons. The number of hydrogen-bond acceptors (Lipinski definition) is 2. The van der Waals surface area contributed by atoms with Crippen LogP contribution in [0, 0.1) is 0 Å². The molecule has 0 bridgehead atoms. The van der Waals surface area contributed by atoms with Crippen LogP contribution in [0.3, 0.4) is 0 Å². The van der Waals surface area contributed by atoms with Crippen molar-refractivity contribution < 1.29 is 14.7 Å². The lowest BCUT2D eigenvalue weighted by atomic mass is 10.1. The van der Waals surface area contributed by atoms with Gasteiger partial charge >= 0.3 is 5.97 Å². The third kappa shape index (κ3) is 3.42. The van der Waals surface area contributed by atoms with Gasteiger partial charge in [-0.05, 0) is 29.5 Å². The average molecular weight is 309 g/mol. The summed E-state index contributed by atoms with van der Waals surface area (Å²) >= 11 is 0. The third-order valence-electron chi connectivity index (χ3n) is 4.30. The van der Waals surface area contributed by atoms with Crippen LogP contribution < -0.4 is 0 Å². The Bertz CT molecular complexity index is 712. The van der Waals surface area contributed by atoms with Crippen molar-refractivity contribution in [2.24, 2.45) is 0 Å². The zero-order valence-electron chi connectivity index (χ0n) is 12.8. The highest BCUT2D eigenvalue weighted by atomic mass is 16.4. The Labute approximate surface area is 135 Å². The van der Waals surface area contributed by atoms with Crippen molar-refractivity contribution in [2.45, 2.75) is 25.3 Å². The van der Waals surface area contributed by atoms with Gasteiger partial charge in [-0.15, -0.1) is 0 Å². The summed E-state index contributed by atoms with van der Waals surface area (Å²) in [6, 6.07) is 17.3. The molecule has 23 heavy (non-hydrogen) atoms. The maximum atomic E-state index is 12.7. The summed E-state index contributed by atoms with van der Waals surface area (Å²) in [5.74, 6) is -1.11. The van der Waals surface area contributed by atoms with Crippen LogP contribution in [0.1, 0.15) is 29.2 Å². The highest BCUT2D eigenvalue weighted by molar-refractivity contribution is 5.83. The van der Waals surface area contributed by atoms with E-state index in [2.05, 4.69) is 6.07 Å². The lowest BCUT2D eigenvalue weighted by Gasteiger charge is -2.28. The van der Waals surface area contributed by atoms with E-state index in [4.69, 9.17) is 0 Å². The van der Waals surface area contributed by atoms with Gasteiger partial charge in [0.2, 0.25) is 5.91 Å². The summed E-state index contributed by atoms with van der Waals surface area (Å²) in [6.45, 7) is -0.259. The molecule has 1 aliphatic rings. The van der Waals surface area contributed by atoms with E-state index in [9.17, 15) is 14.7 Å². The predicted molar refractivity (Wildman–Crippen MR) is 87.0 cm³/mol. The summed E-state index contributed by atoms with van der Waals surface area (Å²) in [5, 5.41) is 9.21. The van der Waals surface area contributed by atoms with E-state index >= 15 is 0 Å². The van der Waals surface area contributed by atoms with Crippen molar-refractivity contribution in [1.29, 1.82) is 0 Å². The largest absolute Gasteiger partial charge is 0.480 e. The number of carboxylic acids is 1. The van der Waals surface area contributed by atoms with Crippen molar-refractivity contribution >= 4 is 11.9 Å². The highest BCUT2D eigenvalue weighted by Crippen LogP contribution is 2.35. The molecule has 0 saturated carbocycles. The fraction of sp³-hybridized carbons (Fsp3) is 0.263. The molecular weight excluding hydrogens is 290 g/mol. The SMILES string of the molecule is O=C(O)CN(C(=O)Cc1ccccc1)C1CCc2ccccc21. The first-order valence-electron chi connectivity index (χ1n) is 7.78. The van der Waals surface area contributed by atoms with Crippen LogP contribution in [-0.2, 0) is 22.4 Å². The van der Waals surface area contributed by atoms with Crippen molar-refractivity contribution in [3.8, 4) is 0 Å². The van der Waals surface area contributed by atoms with Crippen LogP contribution in [0.5, 0.6) is 0 Å². The number of benzene rings is 2. The number of fused-ring (bicyclic) bond motifs is 1. The minimum absolute atomic E-state index is 0.139. The molecule has 0 heterocycles. The first-order chi connectivity index (χ1) is 11.1. The van der Waals surface area contributed by atoms with Crippen molar-refractivity contribution in [2.75, 3.05) is 6.54 Å². The first kappa shape index (κ1) is 15.3. The Morgan fingerprint density at radius 1 is 1.04 bits per heavy atom. The summed E-state index contributed by atoms with van der Waals surface area (Å²) < 4.78 is 0. The quantitative estimate of drug-likeness (QED) is 0.924. The van der Waals surface area contributed by atoms with E-state index in [0.717, 1.165) is 24.0 Å². The molecule has 1 amide bonds. The zero-order valence-corrected chi connectivity index (χ0v) is 12.8. The Balaban J connectivity index is 1.84. The number of carbonyl (C=O) groups excluding carboxylic acids is 1. The summed E-state index contributed by atoms with van der Waals surface area (Å²) in [7, 11) is 0. The molecule has 2 aromatic rings. The summed E-state index contributed by atoms with van der Waals surface area (Å²) in [5.41, 5.74) is 3.19. The number of carbonyl (C=O) groups is 2. The Morgan fingerprint density at radius 3 is 2.48 bits per heavy atom. The van der Waals surface area contributed by atoms with Crippen LogP contribution in [0.2, 0.25) is 0 Å². The Kier molecular flexibility index (Phi) is 4.42. The standard InChI is InChI=1S/C19H19NO3/c21-18(12-14-6-2-1-3-7-14)20(13-19(22)23)17-11-10-15-8-4-5-9-16(15)17/h1-9,17H,10-13H2,(H,22,23). The topological polar surface area (TPSA) is 57.6 Å². The normalized spacial score (nSPS) is 15.9. The molecule has 2 aromatic carbocycles. The molecule has 0 fully saturated rings. The van der Waals surface area contributed by atoms with Gasteiger partial charge in [-0.1, -0.05) is 54.6 Å². The minimum atomic E-state index is -0.976. The van der Waals surface area contributed by atoms with Crippen LogP contribution in [0.15, 0.2) is 54.6 Å². The van der Waals surface area contributed by atoms with E-state index in [-0.39, 0.29) is 24.9 Å². The molecule has 3 rings (SSSR count). The maximum Gasteiger partial charge on any atom is 0.323 e. The van der Waals surface area contributed by atoms with Gasteiger partial charge in [0.1, 0.15) is 6.54 Å². The van der Waals surface area contributed by atoms with Crippen LogP contribution in [0.4, 0.5) is 0 Å². The Hall–Kier alpha value is -2.62. The zero-order chi connectivity index (χ0) is 16.2. The Morgan fingerprint density at radius 2 is 1.74 bits per heavy atom. The van der Waals surface area contributed by atoms with Gasteiger partial charge < -0.3 is 10.0 Å². The number of amides is 1. The molecule has 0 spiro atoms. The minimum Gasteiger partial charge on any atom is -0.480 e. The lowest BCUT2D eigenvalue weighted by Crippen LogP contribution is -2.39. The van der Waals surface area contributed by atoms with Gasteiger partial charge in [0.05, 0.1) is 12.5 Å². The first-order valence-corrected chi connectivity index (χ1v) is 7.78. The van der Waals surface area contributed by atoms with E-state index < -0.39 is 5.97 Å². The van der Waals surface area contributed by atoms with Gasteiger partial charge in [-0.25, -0.2) is 0 Å². The fourth-order valence-corrected chi connectivity index (χ4v) is 3.25. The van der Waals surface area contributed by atoms with E-state index in [0.29, 0.717) is 0 Å². The molecule has 0 saturated heterocycles. The van der Waals surface area contributed by atoms with Crippen molar-refractivity contribution in [3.05, 3.63) is 71.3 Å². The molecule has 1 atom stereocenters. The summed E-state index contributed by atoms with van der Waals surface area (Å²) in [4.78, 5) is 25.5. The monoisotopic (exact) mass is 309 g/mol. The van der Waals surface area contributed by atoms with E-state index in [1.54, 1.807) is 0 Å². The number of carboxylic acid groups (broad SMARTS) is 1. The van der Waals surface area contributed by atoms with Gasteiger partial charge in [0.15, 0.2) is 0 Å². The third-order valence-corrected chi connectivity index (χ3v) is 4.30. The van der Waals surface area contributed by atoms with Crippen LogP contribution in [0.25, 0.3) is 0 Å². The van der Waals surface area contributed by atoms with E-state index in [1.165, 1.54) is 10.5 Å². The van der Waals surface area contributed by atoms with Gasteiger partial charge in [-0.3, -0.25) is 9.59 Å². The van der Waals surface area contributed by atoms with Crippen LogP contribution in [-0.4, -0.2) is 28.4 Å². The number of aryl methyl sites for hydroxylation is 1. The smallest absolute Gasteiger partial charge is 0.323 e. The van der Waals surface area contributed by atoms with Gasteiger partial charge in [0, 0.05) is 0 Å². The lowest BCUT2D eigenvalue weighted by molar-refractivity contribution is -0.146. The molecule has 4 heteroatoms. The molecule has 0 aromatic heterocycles. The number of hydrogen-bond donors (Lipinski definition) is 1. The van der Waals surface area contributed by atoms with Crippen molar-refractivity contribution in [3.63, 3.8) is 0 Å². The molecule has 1 N–H and O–H groups in total. The van der Waals surface area contributed by atoms with Crippen molar-refractivity contribution in [1.82, 2.24) is 4.90 Å². The van der Waals surface area contributed by atoms with E-state index in [1.807, 2.05) is 48.5 Å². The second-order valence-corrected chi connectivity index (χ2v) is 5.83. The molecule has 1 aliphatic carbocycles. The summed E-state index contributed by atoms with van der Waals surface area (Å²) in [6.07, 6.45) is 1.90. The van der Waals surface area contributed by atoms with Gasteiger partial charge in [-0.2, -0.15) is 0 Å². The maximum absolute atomic E-state index is 12.7. The highest BCUT2D eigenvalue weighted by Gasteiger charge is 2.31.